The van der Waals surface area contributed by atoms with E-state index in [-0.39, 0.29) is 38.6 Å². The predicted molar refractivity (Wildman–Crippen MR) is 187 cm³/mol. The summed E-state index contributed by atoms with van der Waals surface area (Å²) in [5.74, 6) is 0.149. The molecule has 0 atom stereocenters. The first-order valence-corrected chi connectivity index (χ1v) is 20.4. The Morgan fingerprint density at radius 1 is 0.542 bits per heavy atom. The van der Waals surface area contributed by atoms with Crippen LogP contribution in [-0.2, 0) is 26.3 Å². The van der Waals surface area contributed by atoms with Crippen molar-refractivity contribution in [2.75, 3.05) is 25.1 Å². The first-order chi connectivity index (χ1) is 23.4. The topological polar surface area (TPSA) is 121 Å². The minimum atomic E-state index is 0.00694. The van der Waals surface area contributed by atoms with Gasteiger partial charge >= 0.3 is 66.7 Å². The monoisotopic (exact) mass is 805 g/mol. The second-order valence-corrected chi connectivity index (χ2v) is 13.2. The van der Waals surface area contributed by atoms with E-state index < -0.39 is 0 Å². The summed E-state index contributed by atoms with van der Waals surface area (Å²) in [6.07, 6.45) is 6.89. The van der Waals surface area contributed by atoms with Gasteiger partial charge in [-0.15, -0.1) is 0 Å². The number of likely N-dealkylation sites (N-methyl/N-ethyl adjacent to an activating group) is 1. The Hall–Kier alpha value is -3.34. The fourth-order valence-corrected chi connectivity index (χ4v) is 4.11. The summed E-state index contributed by atoms with van der Waals surface area (Å²) in [6, 6.07) is 29.8. The summed E-state index contributed by atoms with van der Waals surface area (Å²) in [7, 11) is 21.1. The Balaban J connectivity index is 0.000000227. The number of aliphatic hydroxyl groups is 1. The summed E-state index contributed by atoms with van der Waals surface area (Å²) in [5, 5.41) is 19.0. The van der Waals surface area contributed by atoms with Crippen LogP contribution in [0.4, 0.5) is 5.69 Å². The van der Waals surface area contributed by atoms with Crippen molar-refractivity contribution in [2.24, 2.45) is 0 Å². The number of rotatable bonds is 7. The Morgan fingerprint density at radius 3 is 1.12 bits per heavy atom. The summed E-state index contributed by atoms with van der Waals surface area (Å²) in [5.41, 5.74) is 6.85. The van der Waals surface area contributed by atoms with Gasteiger partial charge in [0.15, 0.2) is 0 Å². The number of pyridine rings is 6. The molecule has 0 fully saturated rings. The van der Waals surface area contributed by atoms with Crippen LogP contribution in [0.1, 0.15) is 0 Å². The van der Waals surface area contributed by atoms with Gasteiger partial charge in [0.25, 0.3) is 0 Å². The average molecular weight is 807 g/mol. The van der Waals surface area contributed by atoms with Crippen molar-refractivity contribution in [3.8, 4) is 51.3 Å². The molecule has 9 nitrogen and oxygen atoms in total. The standard InChI is InChI=1S/C18H18N4O.C15H11N3O.4ClH.2Mn/c1-22(10-11-23)14-12-17(15-6-2-4-8-19-15)21-18(13-14)16-7-3-5-9-20-16;19-11-9-14(12-5-1-3-7-16-12)18-15(10-11)13-6-2-4-8-17-13;;;;;;/h2-9,12-13,23H,10-11H2,1H3;1-10H,(H,18,19);4*1H;;/q;;;;;;2*+2/p-4. The van der Waals surface area contributed by atoms with Crippen LogP contribution in [0, 0.1) is 0 Å². The Labute approximate surface area is 308 Å². The van der Waals surface area contributed by atoms with Crippen molar-refractivity contribution >= 4 is 46.1 Å². The van der Waals surface area contributed by atoms with E-state index in [0.717, 1.165) is 39.9 Å². The molecule has 0 unspecified atom stereocenters. The molecule has 6 heterocycles. The molecule has 0 aliphatic heterocycles. The van der Waals surface area contributed by atoms with Crippen LogP contribution in [0.15, 0.2) is 122 Å². The van der Waals surface area contributed by atoms with Crippen LogP contribution < -0.4 is 4.90 Å². The van der Waals surface area contributed by atoms with Crippen molar-refractivity contribution in [2.45, 2.75) is 0 Å². The molecule has 2 N–H and O–H groups in total. The van der Waals surface area contributed by atoms with E-state index in [1.165, 1.54) is 0 Å². The zero-order chi connectivity index (χ0) is 34.6. The van der Waals surface area contributed by atoms with E-state index in [1.807, 2.05) is 96.9 Å². The first-order valence-electron chi connectivity index (χ1n) is 13.9. The molecule has 0 saturated heterocycles. The van der Waals surface area contributed by atoms with Crippen LogP contribution in [0.2, 0.25) is 0 Å². The molecule has 15 heteroatoms. The number of anilines is 1. The van der Waals surface area contributed by atoms with Gasteiger partial charge in [-0.3, -0.25) is 19.9 Å². The van der Waals surface area contributed by atoms with Crippen LogP contribution in [0.25, 0.3) is 45.6 Å². The summed E-state index contributed by atoms with van der Waals surface area (Å²) < 4.78 is 0. The third-order valence-corrected chi connectivity index (χ3v) is 6.21. The summed E-state index contributed by atoms with van der Waals surface area (Å²) in [6.45, 7) is 0.643. The van der Waals surface area contributed by atoms with Crippen molar-refractivity contribution in [3.05, 3.63) is 122 Å². The number of halogens is 4. The molecule has 6 aromatic rings. The number of nitrogens with zero attached hydrogens (tertiary/aromatic N) is 7. The zero-order valence-corrected chi connectivity index (χ0v) is 30.6. The fraction of sp³-hybridized carbons (Fsp3) is 0.0909. The van der Waals surface area contributed by atoms with Crippen LogP contribution in [0.3, 0.4) is 0 Å². The molecular formula is C33H29Cl4Mn2N7O2. The van der Waals surface area contributed by atoms with Gasteiger partial charge in [0, 0.05) is 56.2 Å². The van der Waals surface area contributed by atoms with Gasteiger partial charge in [-0.25, -0.2) is 9.97 Å². The number of hydrogen-bond acceptors (Lipinski definition) is 9. The van der Waals surface area contributed by atoms with Crippen molar-refractivity contribution in [3.63, 3.8) is 0 Å². The molecule has 0 aliphatic rings. The van der Waals surface area contributed by atoms with E-state index >= 15 is 0 Å². The summed E-state index contributed by atoms with van der Waals surface area (Å²) >= 11 is 0.0139. The van der Waals surface area contributed by atoms with Gasteiger partial charge in [0.1, 0.15) is 5.75 Å². The van der Waals surface area contributed by atoms with Crippen LogP contribution >= 0.6 is 40.4 Å². The molecule has 0 radical (unpaired) electrons. The Bertz CT molecular complexity index is 1650. The fourth-order valence-electron chi connectivity index (χ4n) is 4.11. The Kier molecular flexibility index (Phi) is 18.2. The molecule has 250 valence electrons. The van der Waals surface area contributed by atoms with E-state index in [4.69, 9.17) is 45.4 Å². The number of aliphatic hydroxyl groups excluding tert-OH is 1. The number of hydrogen-bond donors (Lipinski definition) is 2. The van der Waals surface area contributed by atoms with E-state index in [9.17, 15) is 10.2 Å². The number of aromatic hydroxyl groups is 1. The number of aromatic nitrogens is 6. The quantitative estimate of drug-likeness (QED) is 0.154. The molecule has 0 aliphatic carbocycles. The van der Waals surface area contributed by atoms with Gasteiger partial charge in [-0.2, -0.15) is 0 Å². The van der Waals surface area contributed by atoms with Gasteiger partial charge in [0.05, 0.1) is 52.2 Å². The third-order valence-electron chi connectivity index (χ3n) is 6.21. The first kappa shape index (κ1) is 39.1. The molecular weight excluding hydrogens is 778 g/mol. The maximum absolute atomic E-state index is 9.82. The molecule has 48 heavy (non-hydrogen) atoms. The van der Waals surface area contributed by atoms with Crippen molar-refractivity contribution < 1.29 is 36.5 Å². The predicted octanol–water partition coefficient (Wildman–Crippen LogP) is 8.30. The van der Waals surface area contributed by atoms with E-state index in [1.54, 1.807) is 36.9 Å². The van der Waals surface area contributed by atoms with Gasteiger partial charge in [-0.1, -0.05) is 24.3 Å². The second kappa shape index (κ2) is 22.3. The van der Waals surface area contributed by atoms with Crippen LogP contribution in [0.5, 0.6) is 5.75 Å². The van der Waals surface area contributed by atoms with E-state index in [2.05, 4.69) is 24.9 Å². The molecule has 0 spiro atoms. The summed E-state index contributed by atoms with van der Waals surface area (Å²) in [4.78, 5) is 28.4. The molecule has 0 bridgehead atoms. The van der Waals surface area contributed by atoms with Gasteiger partial charge in [-0.05, 0) is 60.7 Å². The normalized spacial score (nSPS) is 9.88. The molecule has 6 rings (SSSR count). The van der Waals surface area contributed by atoms with Crippen LogP contribution in [-0.4, -0.2) is 60.3 Å². The Morgan fingerprint density at radius 2 is 0.854 bits per heavy atom. The van der Waals surface area contributed by atoms with Gasteiger partial charge in [0.2, 0.25) is 0 Å². The molecule has 0 amide bonds. The minimum absolute atomic E-state index is 0.00694. The van der Waals surface area contributed by atoms with E-state index in [0.29, 0.717) is 17.9 Å². The van der Waals surface area contributed by atoms with Crippen molar-refractivity contribution in [1.82, 2.24) is 29.9 Å². The van der Waals surface area contributed by atoms with Gasteiger partial charge < -0.3 is 15.1 Å². The average Bonchev–Trinajstić information content (AvgIpc) is 3.14. The third kappa shape index (κ3) is 12.9. The molecule has 0 saturated carbocycles. The zero-order valence-electron chi connectivity index (χ0n) is 25.3. The maximum atomic E-state index is 9.82. The van der Waals surface area contributed by atoms with Crippen molar-refractivity contribution in [1.29, 1.82) is 0 Å². The molecule has 0 aromatic carbocycles. The second-order valence-electron chi connectivity index (χ2n) is 9.30. The molecule has 6 aromatic heterocycles. The SMILES string of the molecule is CN(CCO)c1cc(-c2ccccn2)nc(-c2ccccn2)c1.Oc1cc(-c2ccccn2)nc(-c2ccccn2)c1.[Cl][Mn][Cl].[Cl][Mn][Cl].